The van der Waals surface area contributed by atoms with Crippen LogP contribution in [0.1, 0.15) is 12.8 Å². The zero-order valence-corrected chi connectivity index (χ0v) is 13.9. The number of hydrogen-bond acceptors (Lipinski definition) is 5. The molecule has 0 aliphatic carbocycles. The first kappa shape index (κ1) is 16.8. The largest absolute Gasteiger partial charge is 0.485 e. The van der Waals surface area contributed by atoms with Crippen molar-refractivity contribution in [3.8, 4) is 5.75 Å². The van der Waals surface area contributed by atoms with Crippen molar-refractivity contribution in [1.29, 1.82) is 0 Å². The van der Waals surface area contributed by atoms with Crippen molar-refractivity contribution in [3.05, 3.63) is 31.0 Å². The molecule has 2 rings (SSSR count). The summed E-state index contributed by atoms with van der Waals surface area (Å²) in [6, 6.07) is 3.67. The number of sulfonamides is 1. The van der Waals surface area contributed by atoms with E-state index in [0.717, 1.165) is 5.82 Å². The van der Waals surface area contributed by atoms with Gasteiger partial charge in [-0.2, -0.15) is 4.31 Å². The van der Waals surface area contributed by atoms with Crippen LogP contribution >= 0.6 is 0 Å². The minimum Gasteiger partial charge on any atom is -0.485 e. The first-order valence-corrected chi connectivity index (χ1v) is 8.92. The molecular formula is C15H23N3O3S. The standard InChI is InChI=1S/C15H23N3O3S/c1-4-5-11-22(19,20)18-10-8-13(12-18)21-14-7-6-9-16-15(14)17(2)3/h4,6-7,9,13H,1,5,8,10-12H2,2-3H3/t13-/m1/s1. The summed E-state index contributed by atoms with van der Waals surface area (Å²) in [5.41, 5.74) is 0. The van der Waals surface area contributed by atoms with Crippen molar-refractivity contribution in [3.63, 3.8) is 0 Å². The molecule has 122 valence electrons. The summed E-state index contributed by atoms with van der Waals surface area (Å²) in [6.07, 6.45) is 4.36. The van der Waals surface area contributed by atoms with Gasteiger partial charge in [0.15, 0.2) is 11.6 Å². The molecular weight excluding hydrogens is 302 g/mol. The van der Waals surface area contributed by atoms with Crippen LogP contribution in [-0.2, 0) is 10.0 Å². The van der Waals surface area contributed by atoms with E-state index in [4.69, 9.17) is 4.74 Å². The lowest BCUT2D eigenvalue weighted by molar-refractivity contribution is 0.215. The Labute approximate surface area is 132 Å². The summed E-state index contributed by atoms with van der Waals surface area (Å²) in [5, 5.41) is 0. The van der Waals surface area contributed by atoms with Crippen molar-refractivity contribution < 1.29 is 13.2 Å². The monoisotopic (exact) mass is 325 g/mol. The molecule has 1 saturated heterocycles. The third kappa shape index (κ3) is 3.98. The number of nitrogens with zero attached hydrogens (tertiary/aromatic N) is 3. The van der Waals surface area contributed by atoms with Gasteiger partial charge in [0, 0.05) is 26.8 Å². The molecule has 2 heterocycles. The average Bonchev–Trinajstić information content (AvgIpc) is 2.95. The molecule has 7 heteroatoms. The van der Waals surface area contributed by atoms with Crippen LogP contribution in [0.25, 0.3) is 0 Å². The highest BCUT2D eigenvalue weighted by Gasteiger charge is 2.32. The highest BCUT2D eigenvalue weighted by atomic mass is 32.2. The Kier molecular flexibility index (Phi) is 5.42. The predicted octanol–water partition coefficient (Wildman–Crippen LogP) is 1.51. The SMILES string of the molecule is C=CCCS(=O)(=O)N1CC[C@@H](Oc2cccnc2N(C)C)C1. The summed E-state index contributed by atoms with van der Waals surface area (Å²) < 4.78 is 31.8. The van der Waals surface area contributed by atoms with Crippen LogP contribution in [0, 0.1) is 0 Å². The predicted molar refractivity (Wildman–Crippen MR) is 87.8 cm³/mol. The molecule has 0 bridgehead atoms. The van der Waals surface area contributed by atoms with E-state index in [0.29, 0.717) is 31.7 Å². The number of ether oxygens (including phenoxy) is 1. The van der Waals surface area contributed by atoms with Crippen LogP contribution in [0.5, 0.6) is 5.75 Å². The maximum atomic E-state index is 12.2. The van der Waals surface area contributed by atoms with Crippen molar-refractivity contribution in [2.75, 3.05) is 37.8 Å². The third-order valence-electron chi connectivity index (χ3n) is 3.55. The lowest BCUT2D eigenvalue weighted by Gasteiger charge is -2.20. The highest BCUT2D eigenvalue weighted by molar-refractivity contribution is 7.89. The van der Waals surface area contributed by atoms with Gasteiger partial charge in [-0.3, -0.25) is 0 Å². The molecule has 1 aliphatic heterocycles. The number of aromatic nitrogens is 1. The van der Waals surface area contributed by atoms with E-state index in [1.54, 1.807) is 12.3 Å². The van der Waals surface area contributed by atoms with E-state index in [1.807, 2.05) is 31.1 Å². The maximum Gasteiger partial charge on any atom is 0.214 e. The van der Waals surface area contributed by atoms with Gasteiger partial charge in [0.25, 0.3) is 0 Å². The molecule has 0 saturated carbocycles. The van der Waals surface area contributed by atoms with Crippen LogP contribution in [0.2, 0.25) is 0 Å². The van der Waals surface area contributed by atoms with E-state index in [9.17, 15) is 8.42 Å². The van der Waals surface area contributed by atoms with E-state index in [1.165, 1.54) is 4.31 Å². The summed E-state index contributed by atoms with van der Waals surface area (Å²) in [5.74, 6) is 1.54. The van der Waals surface area contributed by atoms with Crippen LogP contribution in [0.15, 0.2) is 31.0 Å². The molecule has 0 radical (unpaired) electrons. The zero-order valence-electron chi connectivity index (χ0n) is 13.1. The van der Waals surface area contributed by atoms with Gasteiger partial charge in [0.2, 0.25) is 10.0 Å². The van der Waals surface area contributed by atoms with Crippen LogP contribution in [0.3, 0.4) is 0 Å². The fourth-order valence-corrected chi connectivity index (χ4v) is 3.90. The van der Waals surface area contributed by atoms with Gasteiger partial charge < -0.3 is 9.64 Å². The summed E-state index contributed by atoms with van der Waals surface area (Å²) in [4.78, 5) is 6.16. The second-order valence-corrected chi connectivity index (χ2v) is 7.59. The van der Waals surface area contributed by atoms with Crippen LogP contribution in [-0.4, -0.2) is 56.7 Å². The number of pyridine rings is 1. The lowest BCUT2D eigenvalue weighted by atomic mass is 10.3. The van der Waals surface area contributed by atoms with Crippen LogP contribution in [0.4, 0.5) is 5.82 Å². The van der Waals surface area contributed by atoms with Gasteiger partial charge in [-0.1, -0.05) is 6.08 Å². The molecule has 0 amide bonds. The second kappa shape index (κ2) is 7.11. The minimum atomic E-state index is -3.22. The number of hydrogen-bond donors (Lipinski definition) is 0. The zero-order chi connectivity index (χ0) is 16.2. The fraction of sp³-hybridized carbons (Fsp3) is 0.533. The van der Waals surface area contributed by atoms with E-state index in [-0.39, 0.29) is 11.9 Å². The lowest BCUT2D eigenvalue weighted by Crippen LogP contribution is -2.32. The molecule has 1 fully saturated rings. The van der Waals surface area contributed by atoms with Crippen molar-refractivity contribution in [1.82, 2.24) is 9.29 Å². The first-order chi connectivity index (χ1) is 10.4. The fourth-order valence-electron chi connectivity index (χ4n) is 2.40. The van der Waals surface area contributed by atoms with Crippen LogP contribution < -0.4 is 9.64 Å². The van der Waals surface area contributed by atoms with Gasteiger partial charge in [0.1, 0.15) is 6.10 Å². The Hall–Kier alpha value is -1.60. The smallest absolute Gasteiger partial charge is 0.214 e. The molecule has 0 aromatic carbocycles. The van der Waals surface area contributed by atoms with Gasteiger partial charge >= 0.3 is 0 Å². The molecule has 1 atom stereocenters. The summed E-state index contributed by atoms with van der Waals surface area (Å²) >= 11 is 0. The minimum absolute atomic E-state index is 0.110. The average molecular weight is 325 g/mol. The highest BCUT2D eigenvalue weighted by Crippen LogP contribution is 2.27. The quantitative estimate of drug-likeness (QED) is 0.711. The molecule has 1 aromatic heterocycles. The molecule has 0 N–H and O–H groups in total. The topological polar surface area (TPSA) is 62.7 Å². The molecule has 22 heavy (non-hydrogen) atoms. The van der Waals surface area contributed by atoms with Gasteiger partial charge in [-0.25, -0.2) is 13.4 Å². The number of anilines is 1. The molecule has 1 aliphatic rings. The normalized spacial score (nSPS) is 19.1. The van der Waals surface area contributed by atoms with Gasteiger partial charge in [-0.05, 0) is 25.0 Å². The Morgan fingerprint density at radius 3 is 3.00 bits per heavy atom. The number of allylic oxidation sites excluding steroid dienone is 1. The van der Waals surface area contributed by atoms with Crippen molar-refractivity contribution in [2.24, 2.45) is 0 Å². The first-order valence-electron chi connectivity index (χ1n) is 7.32. The van der Waals surface area contributed by atoms with Crippen molar-refractivity contribution in [2.45, 2.75) is 18.9 Å². The van der Waals surface area contributed by atoms with E-state index >= 15 is 0 Å². The Balaban J connectivity index is 2.01. The summed E-state index contributed by atoms with van der Waals surface area (Å²) in [7, 11) is 0.580. The Bertz CT molecular complexity index is 616. The molecule has 0 spiro atoms. The molecule has 1 aromatic rings. The van der Waals surface area contributed by atoms with Gasteiger partial charge in [-0.15, -0.1) is 6.58 Å². The maximum absolute atomic E-state index is 12.2. The number of rotatable bonds is 7. The second-order valence-electron chi connectivity index (χ2n) is 5.50. The third-order valence-corrected chi connectivity index (χ3v) is 5.42. The van der Waals surface area contributed by atoms with E-state index in [2.05, 4.69) is 11.6 Å². The molecule has 6 nitrogen and oxygen atoms in total. The molecule has 0 unspecified atom stereocenters. The Morgan fingerprint density at radius 2 is 2.32 bits per heavy atom. The van der Waals surface area contributed by atoms with Crippen molar-refractivity contribution >= 4 is 15.8 Å². The van der Waals surface area contributed by atoms with E-state index < -0.39 is 10.0 Å². The van der Waals surface area contributed by atoms with Gasteiger partial charge in [0.05, 0.1) is 12.3 Å². The summed E-state index contributed by atoms with van der Waals surface area (Å²) in [6.45, 7) is 4.46. The Morgan fingerprint density at radius 1 is 1.55 bits per heavy atom.